The molecule has 0 spiro atoms. The molecule has 1 aromatic heterocycles. The smallest absolute Gasteiger partial charge is 0.136 e. The Morgan fingerprint density at radius 3 is 1.85 bits per heavy atom. The van der Waals surface area contributed by atoms with Crippen LogP contribution in [0, 0.1) is 0 Å². The highest BCUT2D eigenvalue weighted by Crippen LogP contribution is 2.46. The van der Waals surface area contributed by atoms with Gasteiger partial charge < -0.3 is 9.32 Å². The van der Waals surface area contributed by atoms with Crippen molar-refractivity contribution in [1.82, 2.24) is 0 Å². The second kappa shape index (κ2) is 10.6. The van der Waals surface area contributed by atoms with Crippen LogP contribution in [0.1, 0.15) is 0 Å². The molecule has 0 amide bonds. The van der Waals surface area contributed by atoms with Gasteiger partial charge in [0.2, 0.25) is 0 Å². The van der Waals surface area contributed by atoms with Gasteiger partial charge in [-0.15, -0.1) is 0 Å². The van der Waals surface area contributed by atoms with E-state index in [9.17, 15) is 0 Å². The molecule has 0 bridgehead atoms. The van der Waals surface area contributed by atoms with Crippen molar-refractivity contribution in [1.29, 1.82) is 0 Å². The minimum atomic E-state index is 0.885. The van der Waals surface area contributed by atoms with Gasteiger partial charge in [-0.1, -0.05) is 127 Å². The molecular weight excluding hydrogens is 583 g/mol. The normalized spacial score (nSPS) is 11.8. The Morgan fingerprint density at radius 1 is 0.333 bits per heavy atom. The molecule has 0 atom stereocenters. The van der Waals surface area contributed by atoms with E-state index in [1.54, 1.807) is 0 Å². The number of hydrogen-bond donors (Lipinski definition) is 0. The molecule has 0 unspecified atom stereocenters. The lowest BCUT2D eigenvalue weighted by Crippen LogP contribution is -2.11. The zero-order chi connectivity index (χ0) is 31.6. The van der Waals surface area contributed by atoms with E-state index >= 15 is 0 Å². The molecule has 224 valence electrons. The number of anilines is 3. The Balaban J connectivity index is 1.31. The van der Waals surface area contributed by atoms with Gasteiger partial charge in [0.05, 0.1) is 5.69 Å². The van der Waals surface area contributed by atoms with Crippen molar-refractivity contribution in [2.24, 2.45) is 0 Å². The molecular formula is C46H29NO. The van der Waals surface area contributed by atoms with E-state index in [1.165, 1.54) is 54.2 Å². The monoisotopic (exact) mass is 611 g/mol. The summed E-state index contributed by atoms with van der Waals surface area (Å²) < 4.78 is 6.45. The average Bonchev–Trinajstić information content (AvgIpc) is 3.51. The van der Waals surface area contributed by atoms with Crippen LogP contribution >= 0.6 is 0 Å². The van der Waals surface area contributed by atoms with E-state index in [1.807, 2.05) is 0 Å². The van der Waals surface area contributed by atoms with Crippen LogP contribution in [0.4, 0.5) is 17.1 Å². The van der Waals surface area contributed by atoms with Gasteiger partial charge >= 0.3 is 0 Å². The first-order valence-corrected chi connectivity index (χ1v) is 16.4. The molecule has 0 fully saturated rings. The van der Waals surface area contributed by atoms with Crippen LogP contribution in [0.25, 0.3) is 76.2 Å². The lowest BCUT2D eigenvalue weighted by molar-refractivity contribution is 0.669. The zero-order valence-electron chi connectivity index (χ0n) is 26.1. The highest BCUT2D eigenvalue weighted by molar-refractivity contribution is 6.24. The summed E-state index contributed by atoms with van der Waals surface area (Å²) in [6.07, 6.45) is 0. The predicted octanol–water partition coefficient (Wildman–Crippen LogP) is 13.3. The van der Waals surface area contributed by atoms with E-state index in [0.717, 1.165) is 39.0 Å². The second-order valence-electron chi connectivity index (χ2n) is 12.6. The van der Waals surface area contributed by atoms with Gasteiger partial charge in [-0.05, 0) is 97.4 Å². The van der Waals surface area contributed by atoms with Crippen LogP contribution in [0.2, 0.25) is 0 Å². The lowest BCUT2D eigenvalue weighted by atomic mass is 9.94. The van der Waals surface area contributed by atoms with E-state index < -0.39 is 0 Å². The average molecular weight is 612 g/mol. The van der Waals surface area contributed by atoms with Gasteiger partial charge in [-0.2, -0.15) is 0 Å². The summed E-state index contributed by atoms with van der Waals surface area (Å²) in [5.74, 6) is 0. The van der Waals surface area contributed by atoms with Crippen molar-refractivity contribution in [3.05, 3.63) is 176 Å². The highest BCUT2D eigenvalue weighted by Gasteiger charge is 2.21. The Bertz CT molecular complexity index is 2850. The summed E-state index contributed by atoms with van der Waals surface area (Å²) in [6, 6.07) is 63.5. The van der Waals surface area contributed by atoms with Crippen LogP contribution < -0.4 is 4.90 Å². The predicted molar refractivity (Wildman–Crippen MR) is 204 cm³/mol. The standard InChI is InChI=1S/C46H29NO/c1-2-11-30(12-3-1)32-17-10-18-36(25-32)47(37-22-24-44-42(29-37)41-26-33-14-4-5-15-34(33)28-45(41)48-44)43-27-35-16-7-8-19-38(35)40-23-21-31-13-6-9-20-39(31)46(40)43/h1-29H. The topological polar surface area (TPSA) is 16.4 Å². The minimum absolute atomic E-state index is 0.885. The molecule has 2 heteroatoms. The van der Waals surface area contributed by atoms with Gasteiger partial charge in [0.25, 0.3) is 0 Å². The van der Waals surface area contributed by atoms with Gasteiger partial charge in [0.15, 0.2) is 0 Å². The molecule has 1 heterocycles. The second-order valence-corrected chi connectivity index (χ2v) is 12.6. The molecule has 0 saturated heterocycles. The number of fused-ring (bicyclic) bond motifs is 9. The highest BCUT2D eigenvalue weighted by atomic mass is 16.3. The van der Waals surface area contributed by atoms with E-state index in [-0.39, 0.29) is 0 Å². The SMILES string of the molecule is c1ccc(-c2cccc(N(c3ccc4oc5cc6ccccc6cc5c4c3)c3cc4ccccc4c4ccc5ccccc5c34)c2)cc1. The van der Waals surface area contributed by atoms with Crippen molar-refractivity contribution in [3.8, 4) is 11.1 Å². The molecule has 0 N–H and O–H groups in total. The first kappa shape index (κ1) is 26.8. The fourth-order valence-electron chi connectivity index (χ4n) is 7.51. The van der Waals surface area contributed by atoms with Crippen molar-refractivity contribution in [3.63, 3.8) is 0 Å². The van der Waals surface area contributed by atoms with E-state index in [2.05, 4.69) is 181 Å². The van der Waals surface area contributed by atoms with Gasteiger partial charge in [-0.3, -0.25) is 0 Å². The third-order valence-electron chi connectivity index (χ3n) is 9.76. The molecule has 0 saturated carbocycles. The number of nitrogens with zero attached hydrogens (tertiary/aromatic N) is 1. The van der Waals surface area contributed by atoms with Crippen molar-refractivity contribution < 1.29 is 4.42 Å². The van der Waals surface area contributed by atoms with E-state index in [0.29, 0.717) is 0 Å². The molecule has 2 nitrogen and oxygen atoms in total. The van der Waals surface area contributed by atoms with E-state index in [4.69, 9.17) is 4.42 Å². The lowest BCUT2D eigenvalue weighted by Gasteiger charge is -2.28. The minimum Gasteiger partial charge on any atom is -0.456 e. The van der Waals surface area contributed by atoms with Crippen LogP contribution in [-0.4, -0.2) is 0 Å². The van der Waals surface area contributed by atoms with Crippen LogP contribution in [0.5, 0.6) is 0 Å². The Morgan fingerprint density at radius 2 is 1.00 bits per heavy atom. The maximum absolute atomic E-state index is 6.45. The molecule has 48 heavy (non-hydrogen) atoms. The summed E-state index contributed by atoms with van der Waals surface area (Å²) in [4.78, 5) is 2.44. The third-order valence-corrected chi connectivity index (χ3v) is 9.76. The fourth-order valence-corrected chi connectivity index (χ4v) is 7.51. The molecule has 10 rings (SSSR count). The number of rotatable bonds is 4. The van der Waals surface area contributed by atoms with Gasteiger partial charge in [0.1, 0.15) is 11.2 Å². The number of hydrogen-bond acceptors (Lipinski definition) is 2. The van der Waals surface area contributed by atoms with Crippen LogP contribution in [0.15, 0.2) is 180 Å². The summed E-state index contributed by atoms with van der Waals surface area (Å²) in [7, 11) is 0. The summed E-state index contributed by atoms with van der Waals surface area (Å²) in [5.41, 5.74) is 7.47. The van der Waals surface area contributed by atoms with Gasteiger partial charge in [0, 0.05) is 27.5 Å². The van der Waals surface area contributed by atoms with Crippen LogP contribution in [-0.2, 0) is 0 Å². The molecule has 0 aliphatic carbocycles. The summed E-state index contributed by atoms with van der Waals surface area (Å²) in [5, 5.41) is 12.0. The zero-order valence-corrected chi connectivity index (χ0v) is 26.1. The first-order valence-electron chi connectivity index (χ1n) is 16.4. The Hall–Kier alpha value is -6.38. The maximum atomic E-state index is 6.45. The van der Waals surface area contributed by atoms with Crippen molar-refractivity contribution >= 4 is 82.1 Å². The molecule has 9 aromatic carbocycles. The van der Waals surface area contributed by atoms with Crippen molar-refractivity contribution in [2.45, 2.75) is 0 Å². The number of benzene rings is 9. The van der Waals surface area contributed by atoms with Crippen molar-refractivity contribution in [2.75, 3.05) is 4.90 Å². The fraction of sp³-hybridized carbons (Fsp3) is 0. The molecule has 10 aromatic rings. The third kappa shape index (κ3) is 4.20. The molecule has 0 aliphatic heterocycles. The Labute approximate surface area is 277 Å². The Kier molecular flexibility index (Phi) is 5.91. The first-order chi connectivity index (χ1) is 23.8. The quantitative estimate of drug-likeness (QED) is 0.184. The molecule has 0 aliphatic rings. The van der Waals surface area contributed by atoms with Crippen LogP contribution in [0.3, 0.4) is 0 Å². The summed E-state index contributed by atoms with van der Waals surface area (Å²) >= 11 is 0. The summed E-state index contributed by atoms with van der Waals surface area (Å²) in [6.45, 7) is 0. The number of furan rings is 1. The molecule has 0 radical (unpaired) electrons. The largest absolute Gasteiger partial charge is 0.456 e. The van der Waals surface area contributed by atoms with Gasteiger partial charge in [-0.25, -0.2) is 0 Å². The maximum Gasteiger partial charge on any atom is 0.136 e.